The molecular formula is C11H13N3OS. The summed E-state index contributed by atoms with van der Waals surface area (Å²) in [4.78, 5) is 13.6. The van der Waals surface area contributed by atoms with E-state index in [1.807, 2.05) is 31.3 Å². The Kier molecular flexibility index (Phi) is 3.26. The highest BCUT2D eigenvalue weighted by atomic mass is 32.1. The second-order valence-corrected chi connectivity index (χ2v) is 4.72. The minimum absolute atomic E-state index is 0.0223. The van der Waals surface area contributed by atoms with Crippen LogP contribution in [0.15, 0.2) is 36.2 Å². The van der Waals surface area contributed by atoms with Crippen molar-refractivity contribution < 1.29 is 4.79 Å². The molecule has 0 radical (unpaired) electrons. The van der Waals surface area contributed by atoms with Gasteiger partial charge >= 0.3 is 0 Å². The monoisotopic (exact) mass is 235 g/mol. The van der Waals surface area contributed by atoms with Crippen molar-refractivity contribution in [2.45, 2.75) is 6.92 Å². The van der Waals surface area contributed by atoms with Gasteiger partial charge in [0.25, 0.3) is 5.91 Å². The van der Waals surface area contributed by atoms with Crippen LogP contribution < -0.4 is 16.2 Å². The zero-order valence-corrected chi connectivity index (χ0v) is 9.73. The molecule has 3 N–H and O–H groups in total. The molecule has 0 unspecified atom stereocenters. The summed E-state index contributed by atoms with van der Waals surface area (Å²) in [6.45, 7) is 2.52. The maximum absolute atomic E-state index is 11.7. The number of nitrogens with one attached hydrogen (secondary N) is 3. The molecule has 0 saturated carbocycles. The lowest BCUT2D eigenvalue weighted by atomic mass is 10.2. The Morgan fingerprint density at radius 2 is 2.31 bits per heavy atom. The van der Waals surface area contributed by atoms with Crippen LogP contribution in [0.4, 0.5) is 0 Å². The van der Waals surface area contributed by atoms with Crippen LogP contribution in [-0.4, -0.2) is 12.5 Å². The van der Waals surface area contributed by atoms with Crippen molar-refractivity contribution >= 4 is 17.2 Å². The molecule has 84 valence electrons. The van der Waals surface area contributed by atoms with Crippen LogP contribution in [0.3, 0.4) is 0 Å². The first-order valence-corrected chi connectivity index (χ1v) is 5.78. The summed E-state index contributed by atoms with van der Waals surface area (Å²) in [6, 6.07) is 3.80. The number of thiophene rings is 1. The molecule has 1 aliphatic rings. The largest absolute Gasteiger partial charge is 0.347 e. The highest BCUT2D eigenvalue weighted by Crippen LogP contribution is 2.14. The Morgan fingerprint density at radius 1 is 1.44 bits per heavy atom. The number of hydrogen-bond donors (Lipinski definition) is 3. The van der Waals surface area contributed by atoms with Crippen LogP contribution in [-0.2, 0) is 0 Å². The molecule has 0 spiro atoms. The minimum atomic E-state index is -0.0223. The van der Waals surface area contributed by atoms with Crippen LogP contribution in [0.1, 0.15) is 14.5 Å². The summed E-state index contributed by atoms with van der Waals surface area (Å²) in [7, 11) is 0. The van der Waals surface area contributed by atoms with Gasteiger partial charge in [0.05, 0.1) is 4.88 Å². The maximum atomic E-state index is 11.7. The van der Waals surface area contributed by atoms with Gasteiger partial charge in [-0.1, -0.05) is 0 Å². The van der Waals surface area contributed by atoms with Crippen LogP contribution in [0.5, 0.6) is 0 Å². The third-order valence-corrected chi connectivity index (χ3v) is 3.14. The molecule has 2 rings (SSSR count). The molecule has 1 aliphatic heterocycles. The van der Waals surface area contributed by atoms with E-state index in [2.05, 4.69) is 16.2 Å². The second-order valence-electron chi connectivity index (χ2n) is 3.43. The predicted octanol–water partition coefficient (Wildman–Crippen LogP) is 1.29. The van der Waals surface area contributed by atoms with Gasteiger partial charge in [-0.05, 0) is 30.7 Å². The number of hydrogen-bond acceptors (Lipinski definition) is 4. The number of amides is 1. The Morgan fingerprint density at radius 3 is 2.94 bits per heavy atom. The molecule has 16 heavy (non-hydrogen) atoms. The average molecular weight is 235 g/mol. The zero-order valence-electron chi connectivity index (χ0n) is 8.91. The van der Waals surface area contributed by atoms with Gasteiger partial charge < -0.3 is 16.2 Å². The Bertz CT molecular complexity index is 448. The summed E-state index contributed by atoms with van der Waals surface area (Å²) < 4.78 is 0. The lowest BCUT2D eigenvalue weighted by Gasteiger charge is -2.10. The van der Waals surface area contributed by atoms with E-state index in [0.717, 1.165) is 15.3 Å². The summed E-state index contributed by atoms with van der Waals surface area (Å²) in [5.74, 6) is -0.0223. The summed E-state index contributed by atoms with van der Waals surface area (Å²) >= 11 is 1.50. The van der Waals surface area contributed by atoms with E-state index >= 15 is 0 Å². The third kappa shape index (κ3) is 2.64. The van der Waals surface area contributed by atoms with Crippen molar-refractivity contribution in [3.05, 3.63) is 45.9 Å². The van der Waals surface area contributed by atoms with Crippen molar-refractivity contribution in [1.29, 1.82) is 0 Å². The Labute approximate surface area is 98.0 Å². The SMILES string of the molecule is Cc1ccc(C(=O)NCC2=CNNC=C2)s1. The molecular weight excluding hydrogens is 222 g/mol. The molecule has 0 aliphatic carbocycles. The predicted molar refractivity (Wildman–Crippen MR) is 64.9 cm³/mol. The number of carbonyl (C=O) groups is 1. The van der Waals surface area contributed by atoms with E-state index in [1.165, 1.54) is 11.3 Å². The fourth-order valence-electron chi connectivity index (χ4n) is 1.32. The zero-order chi connectivity index (χ0) is 11.4. The molecule has 5 heteroatoms. The third-order valence-electron chi connectivity index (χ3n) is 2.14. The van der Waals surface area contributed by atoms with Crippen LogP contribution in [0.2, 0.25) is 0 Å². The maximum Gasteiger partial charge on any atom is 0.261 e. The topological polar surface area (TPSA) is 53.2 Å². The van der Waals surface area contributed by atoms with E-state index in [1.54, 1.807) is 6.20 Å². The van der Waals surface area contributed by atoms with Crippen molar-refractivity contribution in [1.82, 2.24) is 16.2 Å². The van der Waals surface area contributed by atoms with Gasteiger partial charge in [-0.2, -0.15) is 0 Å². The molecule has 0 aromatic carbocycles. The summed E-state index contributed by atoms with van der Waals surface area (Å²) in [5.41, 5.74) is 6.70. The Balaban J connectivity index is 1.88. The first-order valence-electron chi connectivity index (χ1n) is 4.97. The van der Waals surface area contributed by atoms with E-state index in [9.17, 15) is 4.79 Å². The molecule has 0 bridgehead atoms. The van der Waals surface area contributed by atoms with E-state index in [0.29, 0.717) is 6.54 Å². The molecule has 0 fully saturated rings. The summed E-state index contributed by atoms with van der Waals surface area (Å²) in [5, 5.41) is 2.87. The van der Waals surface area contributed by atoms with Gasteiger partial charge in [0.15, 0.2) is 0 Å². The van der Waals surface area contributed by atoms with E-state index in [4.69, 9.17) is 0 Å². The summed E-state index contributed by atoms with van der Waals surface area (Å²) in [6.07, 6.45) is 5.52. The van der Waals surface area contributed by atoms with Gasteiger partial charge in [0.1, 0.15) is 0 Å². The number of aryl methyl sites for hydroxylation is 1. The van der Waals surface area contributed by atoms with Crippen molar-refractivity contribution in [2.24, 2.45) is 0 Å². The fourth-order valence-corrected chi connectivity index (χ4v) is 2.10. The molecule has 2 heterocycles. The molecule has 1 aromatic rings. The molecule has 0 atom stereocenters. The van der Waals surface area contributed by atoms with Crippen molar-refractivity contribution in [2.75, 3.05) is 6.54 Å². The van der Waals surface area contributed by atoms with Gasteiger partial charge in [-0.25, -0.2) is 0 Å². The van der Waals surface area contributed by atoms with Gasteiger partial charge in [0.2, 0.25) is 0 Å². The first kappa shape index (κ1) is 10.8. The van der Waals surface area contributed by atoms with Gasteiger partial charge in [-0.15, -0.1) is 11.3 Å². The van der Waals surface area contributed by atoms with Crippen LogP contribution in [0, 0.1) is 6.92 Å². The second kappa shape index (κ2) is 4.85. The molecule has 4 nitrogen and oxygen atoms in total. The highest BCUT2D eigenvalue weighted by molar-refractivity contribution is 7.13. The molecule has 1 aromatic heterocycles. The van der Waals surface area contributed by atoms with E-state index < -0.39 is 0 Å². The van der Waals surface area contributed by atoms with Crippen LogP contribution >= 0.6 is 11.3 Å². The Hall–Kier alpha value is -1.75. The molecule has 0 saturated heterocycles. The lowest BCUT2D eigenvalue weighted by Crippen LogP contribution is -2.29. The number of hydrazine groups is 1. The van der Waals surface area contributed by atoms with Crippen LogP contribution in [0.25, 0.3) is 0 Å². The van der Waals surface area contributed by atoms with Gasteiger partial charge in [0, 0.05) is 23.8 Å². The fraction of sp³-hybridized carbons (Fsp3) is 0.182. The normalized spacial score (nSPS) is 13.7. The van der Waals surface area contributed by atoms with Gasteiger partial charge in [-0.3, -0.25) is 4.79 Å². The number of carbonyl (C=O) groups excluding carboxylic acids is 1. The first-order chi connectivity index (χ1) is 7.75. The average Bonchev–Trinajstić information content (AvgIpc) is 2.74. The van der Waals surface area contributed by atoms with E-state index in [-0.39, 0.29) is 5.91 Å². The molecule has 1 amide bonds. The van der Waals surface area contributed by atoms with Crippen molar-refractivity contribution in [3.63, 3.8) is 0 Å². The highest BCUT2D eigenvalue weighted by Gasteiger charge is 2.07. The quantitative estimate of drug-likeness (QED) is 0.740. The number of rotatable bonds is 3. The minimum Gasteiger partial charge on any atom is -0.347 e. The lowest BCUT2D eigenvalue weighted by molar-refractivity contribution is 0.0961. The standard InChI is InChI=1S/C11H13N3OS/c1-8-2-3-10(16-8)11(15)12-6-9-4-5-13-14-7-9/h2-5,7,13-14H,6H2,1H3,(H,12,15). The van der Waals surface area contributed by atoms with Crippen molar-refractivity contribution in [3.8, 4) is 0 Å². The smallest absolute Gasteiger partial charge is 0.261 e.